The van der Waals surface area contributed by atoms with E-state index in [4.69, 9.17) is 11.6 Å². The van der Waals surface area contributed by atoms with E-state index >= 15 is 0 Å². The third-order valence-electron chi connectivity index (χ3n) is 7.95. The van der Waals surface area contributed by atoms with Gasteiger partial charge in [0.2, 0.25) is 0 Å². The van der Waals surface area contributed by atoms with Crippen molar-refractivity contribution in [2.24, 2.45) is 23.2 Å². The molecule has 3 aliphatic carbocycles. The molecule has 4 unspecified atom stereocenters. The molecule has 0 aromatic heterocycles. The predicted octanol–water partition coefficient (Wildman–Crippen LogP) is 5.15. The van der Waals surface area contributed by atoms with Crippen LogP contribution in [-0.4, -0.2) is 31.6 Å². The molecule has 1 amide bonds. The maximum Gasteiger partial charge on any atom is 0.252 e. The normalized spacial score (nSPS) is 29.4. The van der Waals surface area contributed by atoms with E-state index in [-0.39, 0.29) is 5.91 Å². The highest BCUT2D eigenvalue weighted by atomic mass is 35.5. The molecule has 0 spiro atoms. The largest absolute Gasteiger partial charge is 0.351 e. The Morgan fingerprint density at radius 2 is 2.03 bits per heavy atom. The van der Waals surface area contributed by atoms with E-state index in [0.29, 0.717) is 22.0 Å². The molecule has 3 fully saturated rings. The van der Waals surface area contributed by atoms with Crippen molar-refractivity contribution in [2.45, 2.75) is 77.8 Å². The molecule has 3 N–H and O–H groups in total. The topological polar surface area (TPSA) is 53.2 Å². The lowest BCUT2D eigenvalue weighted by Gasteiger charge is -2.40. The Bertz CT molecular complexity index is 767. The molecule has 4 atom stereocenters. The van der Waals surface area contributed by atoms with Crippen molar-refractivity contribution in [1.82, 2.24) is 16.0 Å². The van der Waals surface area contributed by atoms with Gasteiger partial charge in [-0.2, -0.15) is 0 Å². The molecule has 0 radical (unpaired) electrons. The summed E-state index contributed by atoms with van der Waals surface area (Å²) in [5.74, 6) is 2.76. The van der Waals surface area contributed by atoms with Crippen molar-refractivity contribution < 1.29 is 4.79 Å². The van der Waals surface area contributed by atoms with E-state index in [1.54, 1.807) is 0 Å². The zero-order valence-corrected chi connectivity index (χ0v) is 20.1. The summed E-state index contributed by atoms with van der Waals surface area (Å²) < 4.78 is 0. The lowest BCUT2D eigenvalue weighted by molar-refractivity contribution is 0.0854. The van der Waals surface area contributed by atoms with Crippen LogP contribution in [-0.2, 0) is 6.54 Å². The molecule has 3 saturated carbocycles. The zero-order chi connectivity index (χ0) is 21.8. The van der Waals surface area contributed by atoms with Crippen LogP contribution in [0.3, 0.4) is 0 Å². The second kappa shape index (κ2) is 10.2. The van der Waals surface area contributed by atoms with Crippen LogP contribution in [0.4, 0.5) is 0 Å². The van der Waals surface area contributed by atoms with Crippen LogP contribution in [0.2, 0.25) is 5.02 Å². The molecule has 5 heteroatoms. The standard InChI is InChI=1S/C26H40ClN3O/c1-18(2)29-10-4-9-28-16-19-6-7-24(27)23(13-19)25(31)30-17-26-8-3-5-21-11-20(14-26)12-22(21)15-26/h6-7,13,18,20-22,28-29H,3-5,8-12,14-17H2,1-2H3,(H,30,31). The lowest BCUT2D eigenvalue weighted by Crippen LogP contribution is -2.41. The minimum Gasteiger partial charge on any atom is -0.351 e. The molecule has 0 aliphatic heterocycles. The fourth-order valence-corrected chi connectivity index (χ4v) is 6.80. The molecule has 1 aromatic carbocycles. The van der Waals surface area contributed by atoms with E-state index < -0.39 is 0 Å². The Morgan fingerprint density at radius 1 is 1.19 bits per heavy atom. The highest BCUT2D eigenvalue weighted by Crippen LogP contribution is 2.58. The molecule has 4 nitrogen and oxygen atoms in total. The van der Waals surface area contributed by atoms with E-state index in [1.807, 2.05) is 18.2 Å². The molecule has 1 aromatic rings. The van der Waals surface area contributed by atoms with Crippen LogP contribution in [0.5, 0.6) is 0 Å². The fourth-order valence-electron chi connectivity index (χ4n) is 6.59. The van der Waals surface area contributed by atoms with E-state index in [9.17, 15) is 4.79 Å². The van der Waals surface area contributed by atoms with Gasteiger partial charge in [-0.05, 0) is 92.5 Å². The molecule has 31 heavy (non-hydrogen) atoms. The predicted molar refractivity (Wildman–Crippen MR) is 128 cm³/mol. The Morgan fingerprint density at radius 3 is 2.87 bits per heavy atom. The third kappa shape index (κ3) is 5.83. The number of nitrogens with one attached hydrogen (secondary N) is 3. The van der Waals surface area contributed by atoms with Crippen molar-refractivity contribution >= 4 is 17.5 Å². The Balaban J connectivity index is 1.29. The van der Waals surface area contributed by atoms with Gasteiger partial charge in [-0.25, -0.2) is 0 Å². The van der Waals surface area contributed by atoms with Crippen molar-refractivity contribution in [2.75, 3.05) is 19.6 Å². The van der Waals surface area contributed by atoms with Crippen LogP contribution < -0.4 is 16.0 Å². The first kappa shape index (κ1) is 23.1. The molecular formula is C26H40ClN3O. The van der Waals surface area contributed by atoms with Gasteiger partial charge in [-0.1, -0.05) is 44.4 Å². The molecule has 3 bridgehead atoms. The number of rotatable bonds is 10. The number of carbonyl (C=O) groups is 1. The highest BCUT2D eigenvalue weighted by Gasteiger charge is 2.49. The van der Waals surface area contributed by atoms with Gasteiger partial charge >= 0.3 is 0 Å². The zero-order valence-electron chi connectivity index (χ0n) is 19.3. The minimum atomic E-state index is -0.0129. The van der Waals surface area contributed by atoms with Gasteiger partial charge in [0.15, 0.2) is 0 Å². The van der Waals surface area contributed by atoms with Crippen LogP contribution >= 0.6 is 11.6 Å². The second-order valence-electron chi connectivity index (χ2n) is 10.8. The number of hydrogen-bond acceptors (Lipinski definition) is 3. The van der Waals surface area contributed by atoms with Gasteiger partial charge in [0.1, 0.15) is 0 Å². The number of carbonyl (C=O) groups excluding carboxylic acids is 1. The smallest absolute Gasteiger partial charge is 0.252 e. The van der Waals surface area contributed by atoms with Gasteiger partial charge < -0.3 is 16.0 Å². The molecule has 0 heterocycles. The number of amides is 1. The third-order valence-corrected chi connectivity index (χ3v) is 8.28. The maximum absolute atomic E-state index is 13.1. The summed E-state index contributed by atoms with van der Waals surface area (Å²) in [4.78, 5) is 13.1. The minimum absolute atomic E-state index is 0.0129. The molecule has 3 aliphatic rings. The van der Waals surface area contributed by atoms with Gasteiger partial charge in [0.25, 0.3) is 5.91 Å². The van der Waals surface area contributed by atoms with Crippen LogP contribution in [0.1, 0.15) is 81.1 Å². The Labute approximate surface area is 193 Å². The summed E-state index contributed by atoms with van der Waals surface area (Å²) >= 11 is 6.41. The average Bonchev–Trinajstić information content (AvgIpc) is 2.96. The van der Waals surface area contributed by atoms with E-state index in [2.05, 4.69) is 29.8 Å². The van der Waals surface area contributed by atoms with E-state index in [0.717, 1.165) is 55.9 Å². The number of fused-ring (bicyclic) bond motifs is 2. The number of halogens is 1. The first-order valence-electron chi connectivity index (χ1n) is 12.4. The quantitative estimate of drug-likeness (QED) is 0.436. The Kier molecular flexibility index (Phi) is 7.61. The average molecular weight is 446 g/mol. The first-order chi connectivity index (χ1) is 14.9. The van der Waals surface area contributed by atoms with Crippen molar-refractivity contribution in [3.63, 3.8) is 0 Å². The summed E-state index contributed by atoms with van der Waals surface area (Å²) in [6, 6.07) is 6.37. The molecule has 0 saturated heterocycles. The van der Waals surface area contributed by atoms with Gasteiger partial charge in [-0.15, -0.1) is 0 Å². The summed E-state index contributed by atoms with van der Waals surface area (Å²) in [7, 11) is 0. The van der Waals surface area contributed by atoms with Crippen molar-refractivity contribution in [3.8, 4) is 0 Å². The molecule has 172 valence electrons. The van der Waals surface area contributed by atoms with Crippen LogP contribution in [0.15, 0.2) is 18.2 Å². The van der Waals surface area contributed by atoms with Crippen LogP contribution in [0, 0.1) is 23.2 Å². The fraction of sp³-hybridized carbons (Fsp3) is 0.731. The Hall–Kier alpha value is -1.10. The highest BCUT2D eigenvalue weighted by molar-refractivity contribution is 6.33. The number of benzene rings is 1. The number of hydrogen-bond donors (Lipinski definition) is 3. The summed E-state index contributed by atoms with van der Waals surface area (Å²) in [5, 5.41) is 10.7. The van der Waals surface area contributed by atoms with Crippen molar-refractivity contribution in [1.29, 1.82) is 0 Å². The van der Waals surface area contributed by atoms with Crippen LogP contribution in [0.25, 0.3) is 0 Å². The van der Waals surface area contributed by atoms with Crippen molar-refractivity contribution in [3.05, 3.63) is 34.3 Å². The maximum atomic E-state index is 13.1. The van der Waals surface area contributed by atoms with Gasteiger partial charge in [0.05, 0.1) is 10.6 Å². The van der Waals surface area contributed by atoms with Gasteiger partial charge in [-0.3, -0.25) is 4.79 Å². The lowest BCUT2D eigenvalue weighted by atomic mass is 9.67. The summed E-state index contributed by atoms with van der Waals surface area (Å²) in [5.41, 5.74) is 2.05. The molecule has 4 rings (SSSR count). The monoisotopic (exact) mass is 445 g/mol. The van der Waals surface area contributed by atoms with Gasteiger partial charge in [0, 0.05) is 19.1 Å². The summed E-state index contributed by atoms with van der Waals surface area (Å²) in [6.45, 7) is 7.87. The summed E-state index contributed by atoms with van der Waals surface area (Å²) in [6.07, 6.45) is 10.6. The molecular weight excluding hydrogens is 406 g/mol. The second-order valence-corrected chi connectivity index (χ2v) is 11.2. The SMILES string of the molecule is CC(C)NCCCNCc1ccc(Cl)c(C(=O)NCC23CCCC4CC(CC4C2)C3)c1. The first-order valence-corrected chi connectivity index (χ1v) is 12.8. The van der Waals surface area contributed by atoms with E-state index in [1.165, 1.54) is 44.9 Å².